The first-order chi connectivity index (χ1) is 12.1. The van der Waals surface area contributed by atoms with Crippen molar-refractivity contribution in [2.75, 3.05) is 18.6 Å². The summed E-state index contributed by atoms with van der Waals surface area (Å²) >= 11 is 3.33. The Morgan fingerprint density at radius 1 is 1.24 bits per heavy atom. The Morgan fingerprint density at radius 3 is 2.88 bits per heavy atom. The molecule has 25 heavy (non-hydrogen) atoms. The van der Waals surface area contributed by atoms with E-state index in [9.17, 15) is 4.39 Å². The first-order valence-corrected chi connectivity index (χ1v) is 9.68. The molecular weight excluding hydrogens is 355 g/mol. The first-order valence-electron chi connectivity index (χ1n) is 8.05. The minimum Gasteiger partial charge on any atom is -0.494 e. The number of aryl methyl sites for hydroxylation is 1. The Hall–Kier alpha value is -2.05. The quantitative estimate of drug-likeness (QED) is 0.614. The van der Waals surface area contributed by atoms with Gasteiger partial charge in [-0.25, -0.2) is 4.39 Å². The highest BCUT2D eigenvalue weighted by molar-refractivity contribution is 8.03. The highest BCUT2D eigenvalue weighted by Gasteiger charge is 2.25. The van der Waals surface area contributed by atoms with Gasteiger partial charge in [0.25, 0.3) is 5.01 Å². The zero-order valence-corrected chi connectivity index (χ0v) is 15.9. The van der Waals surface area contributed by atoms with E-state index in [0.29, 0.717) is 6.61 Å². The zero-order chi connectivity index (χ0) is 17.6. The monoisotopic (exact) mass is 373 g/mol. The maximum atomic E-state index is 13.5. The van der Waals surface area contributed by atoms with E-state index in [-0.39, 0.29) is 5.82 Å². The molecule has 6 heteroatoms. The van der Waals surface area contributed by atoms with Crippen molar-refractivity contribution in [3.8, 4) is 5.75 Å². The minimum atomic E-state index is -0.197. The summed E-state index contributed by atoms with van der Waals surface area (Å²) < 4.78 is 22.1. The summed E-state index contributed by atoms with van der Waals surface area (Å²) in [6.45, 7) is 2.65. The van der Waals surface area contributed by atoms with Crippen LogP contribution in [0.15, 0.2) is 46.3 Å². The lowest BCUT2D eigenvalue weighted by Crippen LogP contribution is -2.29. The van der Waals surface area contributed by atoms with Crippen LogP contribution in [-0.4, -0.2) is 13.7 Å². The van der Waals surface area contributed by atoms with Crippen LogP contribution >= 0.6 is 23.1 Å². The van der Waals surface area contributed by atoms with Crippen LogP contribution in [0.1, 0.15) is 11.9 Å². The molecule has 0 aliphatic carbocycles. The molecule has 4 rings (SSSR count). The summed E-state index contributed by atoms with van der Waals surface area (Å²) in [5, 5.41) is 2.24. The molecule has 2 heterocycles. The number of nitrogens with zero attached hydrogens (tertiary/aromatic N) is 2. The van der Waals surface area contributed by atoms with E-state index in [0.717, 1.165) is 26.0 Å². The fourth-order valence-corrected chi connectivity index (χ4v) is 5.22. The average molecular weight is 373 g/mol. The van der Waals surface area contributed by atoms with Gasteiger partial charge in [-0.3, -0.25) is 0 Å². The van der Waals surface area contributed by atoms with E-state index >= 15 is 0 Å². The van der Waals surface area contributed by atoms with Gasteiger partial charge >= 0.3 is 0 Å². The number of aromatic nitrogens is 1. The largest absolute Gasteiger partial charge is 0.494 e. The summed E-state index contributed by atoms with van der Waals surface area (Å²) in [7, 11) is 4.08. The van der Waals surface area contributed by atoms with Crippen LogP contribution in [0.3, 0.4) is 0 Å². The summed E-state index contributed by atoms with van der Waals surface area (Å²) in [5.74, 6) is 0.697. The molecule has 1 aliphatic rings. The topological polar surface area (TPSA) is 16.4 Å². The molecule has 0 unspecified atom stereocenters. The van der Waals surface area contributed by atoms with Crippen LogP contribution in [0, 0.1) is 5.82 Å². The van der Waals surface area contributed by atoms with E-state index in [2.05, 4.69) is 34.7 Å². The zero-order valence-electron chi connectivity index (χ0n) is 14.2. The molecule has 1 aromatic heterocycles. The first kappa shape index (κ1) is 16.4. The molecule has 0 radical (unpaired) electrons. The third-order valence-corrected chi connectivity index (χ3v) is 6.52. The number of rotatable bonds is 3. The van der Waals surface area contributed by atoms with Gasteiger partial charge in [0.2, 0.25) is 5.52 Å². The van der Waals surface area contributed by atoms with E-state index < -0.39 is 0 Å². The SMILES string of the molecule is CCOc1ccc2c(c1)S/C(=C\c1sc3cc(F)ccc3[n+]1C)N2C. The molecule has 0 bridgehead atoms. The van der Waals surface area contributed by atoms with E-state index in [4.69, 9.17) is 4.74 Å². The molecule has 0 N–H and O–H groups in total. The van der Waals surface area contributed by atoms with Crippen molar-refractivity contribution in [2.24, 2.45) is 7.05 Å². The molecule has 3 aromatic rings. The summed E-state index contributed by atoms with van der Waals surface area (Å²) in [4.78, 5) is 3.37. The molecule has 0 amide bonds. The summed E-state index contributed by atoms with van der Waals surface area (Å²) in [6, 6.07) is 11.1. The maximum Gasteiger partial charge on any atom is 0.265 e. The molecule has 2 aromatic carbocycles. The van der Waals surface area contributed by atoms with Crippen LogP contribution < -0.4 is 14.2 Å². The second kappa shape index (κ2) is 6.35. The van der Waals surface area contributed by atoms with Gasteiger partial charge in [0.1, 0.15) is 23.3 Å². The lowest BCUT2D eigenvalue weighted by Gasteiger charge is -2.13. The van der Waals surface area contributed by atoms with E-state index in [1.165, 1.54) is 16.6 Å². The van der Waals surface area contributed by atoms with E-state index in [1.807, 2.05) is 26.1 Å². The standard InChI is InChI=1S/C19H18FN2OS2/c1-4-23-13-6-8-15-17(10-13)25-19(22(15)3)11-18-21(2)14-7-5-12(20)9-16(14)24-18/h5-11H,4H2,1-3H3/q+1. The van der Waals surface area contributed by atoms with Gasteiger partial charge in [-0.15, -0.1) is 0 Å². The second-order valence-corrected chi connectivity index (χ2v) is 7.94. The van der Waals surface area contributed by atoms with Crippen LogP contribution in [0.25, 0.3) is 16.3 Å². The van der Waals surface area contributed by atoms with Crippen molar-refractivity contribution < 1.29 is 13.7 Å². The number of benzene rings is 2. The van der Waals surface area contributed by atoms with Crippen LogP contribution in [0.2, 0.25) is 0 Å². The van der Waals surface area contributed by atoms with Crippen molar-refractivity contribution in [3.05, 3.63) is 52.3 Å². The number of thioether (sulfide) groups is 1. The summed E-state index contributed by atoms with van der Waals surface area (Å²) in [6.07, 6.45) is 2.16. The van der Waals surface area contributed by atoms with Crippen molar-refractivity contribution in [1.82, 2.24) is 0 Å². The molecule has 0 atom stereocenters. The van der Waals surface area contributed by atoms with Crippen molar-refractivity contribution >= 4 is 45.1 Å². The van der Waals surface area contributed by atoms with E-state index in [1.54, 1.807) is 29.2 Å². The Kier molecular flexibility index (Phi) is 4.17. The normalized spacial score (nSPS) is 15.2. The van der Waals surface area contributed by atoms with Crippen molar-refractivity contribution in [2.45, 2.75) is 11.8 Å². The molecule has 128 valence electrons. The smallest absolute Gasteiger partial charge is 0.265 e. The molecule has 0 saturated heterocycles. The van der Waals surface area contributed by atoms with Gasteiger partial charge in [0.05, 0.1) is 23.4 Å². The molecule has 1 aliphatic heterocycles. The van der Waals surface area contributed by atoms with Gasteiger partial charge in [-0.1, -0.05) is 23.1 Å². The fraction of sp³-hybridized carbons (Fsp3) is 0.211. The van der Waals surface area contributed by atoms with Gasteiger partial charge in [0.15, 0.2) is 0 Å². The second-order valence-electron chi connectivity index (χ2n) is 5.82. The molecule has 0 saturated carbocycles. The Bertz CT molecular complexity index is 996. The lowest BCUT2D eigenvalue weighted by atomic mass is 10.3. The predicted molar refractivity (Wildman–Crippen MR) is 103 cm³/mol. The Balaban J connectivity index is 1.72. The van der Waals surface area contributed by atoms with Crippen LogP contribution in [0.4, 0.5) is 10.1 Å². The Morgan fingerprint density at radius 2 is 2.08 bits per heavy atom. The number of hydrogen-bond donors (Lipinski definition) is 0. The number of hydrogen-bond acceptors (Lipinski definition) is 4. The lowest BCUT2D eigenvalue weighted by molar-refractivity contribution is -0.642. The van der Waals surface area contributed by atoms with Gasteiger partial charge < -0.3 is 9.64 Å². The average Bonchev–Trinajstić information content (AvgIpc) is 3.05. The molecule has 3 nitrogen and oxygen atoms in total. The van der Waals surface area contributed by atoms with Gasteiger partial charge in [-0.05, 0) is 37.3 Å². The maximum absolute atomic E-state index is 13.5. The highest BCUT2D eigenvalue weighted by atomic mass is 32.2. The third-order valence-electron chi connectivity index (χ3n) is 4.22. The minimum absolute atomic E-state index is 0.197. The summed E-state index contributed by atoms with van der Waals surface area (Å²) in [5.41, 5.74) is 2.22. The predicted octanol–water partition coefficient (Wildman–Crippen LogP) is 4.80. The van der Waals surface area contributed by atoms with Gasteiger partial charge in [-0.2, -0.15) is 4.57 Å². The fourth-order valence-electron chi connectivity index (χ4n) is 2.91. The van der Waals surface area contributed by atoms with Crippen molar-refractivity contribution in [3.63, 3.8) is 0 Å². The Labute approximate surface area is 154 Å². The van der Waals surface area contributed by atoms with Crippen LogP contribution in [-0.2, 0) is 7.05 Å². The number of thiazole rings is 1. The number of fused-ring (bicyclic) bond motifs is 2. The highest BCUT2D eigenvalue weighted by Crippen LogP contribution is 2.47. The van der Waals surface area contributed by atoms with Crippen molar-refractivity contribution in [1.29, 1.82) is 0 Å². The molecule has 0 fully saturated rings. The number of ether oxygens (including phenoxy) is 1. The molecule has 0 spiro atoms. The number of anilines is 1. The third kappa shape index (κ3) is 2.89. The van der Waals surface area contributed by atoms with Crippen LogP contribution in [0.5, 0.6) is 5.75 Å². The van der Waals surface area contributed by atoms with Gasteiger partial charge in [0, 0.05) is 18.0 Å². The number of halogens is 1. The molecular formula is C19H18FN2OS2+.